The summed E-state index contributed by atoms with van der Waals surface area (Å²) in [6.07, 6.45) is 5.14. The fraction of sp³-hybridized carbons (Fsp3) is 0.250. The first-order valence-corrected chi connectivity index (χ1v) is 10.3. The van der Waals surface area contributed by atoms with Gasteiger partial charge in [0, 0.05) is 26.3 Å². The van der Waals surface area contributed by atoms with E-state index < -0.39 is 0 Å². The molecule has 0 amide bonds. The number of aromatic nitrogens is 1. The first-order valence-electron chi connectivity index (χ1n) is 10.3. The van der Waals surface area contributed by atoms with Crippen molar-refractivity contribution in [2.75, 3.05) is 0 Å². The second-order valence-electron chi connectivity index (χ2n) is 9.59. The van der Waals surface area contributed by atoms with E-state index in [0.717, 1.165) is 22.9 Å². The van der Waals surface area contributed by atoms with E-state index in [4.69, 9.17) is 4.98 Å². The zero-order valence-corrected chi connectivity index (χ0v) is 20.4. The van der Waals surface area contributed by atoms with Gasteiger partial charge in [0.1, 0.15) is 0 Å². The van der Waals surface area contributed by atoms with Gasteiger partial charge < -0.3 is 4.98 Å². The standard InChI is InChI=1S/C28H26N.Ir/c1-6-18-10-12-19(13-11-18)20-8-7-9-22-21(20)14-15-23-25-24(16-29-26(22)23)27(2,3)17-28(25,4)5;/h6-8,10-16H,1,17H2,2-5H3;/q-1;. The molecule has 0 saturated carbocycles. The summed E-state index contributed by atoms with van der Waals surface area (Å²) in [5, 5.41) is 3.59. The average Bonchev–Trinajstić information content (AvgIpc) is 2.91. The van der Waals surface area contributed by atoms with E-state index in [1.165, 1.54) is 33.0 Å². The first kappa shape index (κ1) is 21.0. The van der Waals surface area contributed by atoms with E-state index >= 15 is 0 Å². The molecule has 0 saturated heterocycles. The third kappa shape index (κ3) is 3.06. The summed E-state index contributed by atoms with van der Waals surface area (Å²) in [4.78, 5) is 4.96. The van der Waals surface area contributed by atoms with E-state index in [9.17, 15) is 0 Å². The van der Waals surface area contributed by atoms with Crippen molar-refractivity contribution in [3.63, 3.8) is 0 Å². The summed E-state index contributed by atoms with van der Waals surface area (Å²) < 4.78 is 0. The van der Waals surface area contributed by atoms with Crippen molar-refractivity contribution >= 4 is 27.8 Å². The molecule has 2 heteroatoms. The zero-order valence-electron chi connectivity index (χ0n) is 18.0. The molecule has 0 aliphatic heterocycles. The molecular formula is C28H26IrN-. The number of nitrogens with zero attached hydrogens (tertiary/aromatic N) is 1. The second-order valence-corrected chi connectivity index (χ2v) is 9.59. The van der Waals surface area contributed by atoms with Crippen LogP contribution in [0.3, 0.4) is 0 Å². The van der Waals surface area contributed by atoms with Crippen molar-refractivity contribution in [2.24, 2.45) is 0 Å². The summed E-state index contributed by atoms with van der Waals surface area (Å²) in [6.45, 7) is 13.3. The number of fused-ring (bicyclic) bond motifs is 5. The second kappa shape index (κ2) is 7.15. The van der Waals surface area contributed by atoms with Gasteiger partial charge in [0.15, 0.2) is 0 Å². The Hall–Kier alpha value is -2.28. The zero-order chi connectivity index (χ0) is 20.4. The Bertz CT molecular complexity index is 1280. The van der Waals surface area contributed by atoms with E-state index in [1.807, 2.05) is 12.1 Å². The van der Waals surface area contributed by atoms with Crippen molar-refractivity contribution in [2.45, 2.75) is 44.9 Å². The van der Waals surface area contributed by atoms with Crippen LogP contribution in [0.25, 0.3) is 38.9 Å². The van der Waals surface area contributed by atoms with Crippen molar-refractivity contribution in [3.8, 4) is 11.1 Å². The number of hydrogen-bond donors (Lipinski definition) is 0. The predicted octanol–water partition coefficient (Wildman–Crippen LogP) is 7.45. The summed E-state index contributed by atoms with van der Waals surface area (Å²) in [7, 11) is 0. The summed E-state index contributed by atoms with van der Waals surface area (Å²) in [6, 6.07) is 20.8. The van der Waals surface area contributed by atoms with Crippen LogP contribution in [0, 0.1) is 6.07 Å². The molecule has 0 bridgehead atoms. The Morgan fingerprint density at radius 3 is 2.33 bits per heavy atom. The SMILES string of the molecule is C=Cc1ccc(-c2cc[c-]c3c2ccc2c4c(cnc23)C(C)(C)CC4(C)C)cc1.[Ir]. The van der Waals surface area contributed by atoms with Crippen LogP contribution in [0.4, 0.5) is 0 Å². The molecule has 153 valence electrons. The molecule has 0 spiro atoms. The molecule has 0 atom stereocenters. The largest absolute Gasteiger partial charge is 0.304 e. The smallest absolute Gasteiger partial charge is 0.0201 e. The molecule has 1 heterocycles. The van der Waals surface area contributed by atoms with E-state index in [0.29, 0.717) is 0 Å². The van der Waals surface area contributed by atoms with Crippen molar-refractivity contribution in [1.82, 2.24) is 4.98 Å². The fourth-order valence-corrected chi connectivity index (χ4v) is 5.52. The Labute approximate surface area is 192 Å². The van der Waals surface area contributed by atoms with Gasteiger partial charge in [0.25, 0.3) is 0 Å². The van der Waals surface area contributed by atoms with Gasteiger partial charge in [-0.25, -0.2) is 0 Å². The van der Waals surface area contributed by atoms with Crippen molar-refractivity contribution < 1.29 is 20.1 Å². The Morgan fingerprint density at radius 2 is 1.63 bits per heavy atom. The maximum atomic E-state index is 4.96. The van der Waals surface area contributed by atoms with Gasteiger partial charge in [0.2, 0.25) is 0 Å². The molecule has 1 nitrogen and oxygen atoms in total. The maximum Gasteiger partial charge on any atom is 0.0201 e. The van der Waals surface area contributed by atoms with Crippen LogP contribution in [0.2, 0.25) is 0 Å². The minimum absolute atomic E-state index is 0. The quantitative estimate of drug-likeness (QED) is 0.181. The van der Waals surface area contributed by atoms with Crippen LogP contribution < -0.4 is 0 Å². The monoisotopic (exact) mass is 569 g/mol. The Kier molecular flexibility index (Phi) is 5.00. The van der Waals surface area contributed by atoms with Crippen LogP contribution >= 0.6 is 0 Å². The van der Waals surface area contributed by atoms with Gasteiger partial charge in [0.05, 0.1) is 0 Å². The fourth-order valence-electron chi connectivity index (χ4n) is 5.52. The molecule has 1 aromatic heterocycles. The van der Waals surface area contributed by atoms with Gasteiger partial charge in [-0.1, -0.05) is 87.7 Å². The van der Waals surface area contributed by atoms with Gasteiger partial charge in [-0.05, 0) is 50.4 Å². The molecule has 0 unspecified atom stereocenters. The van der Waals surface area contributed by atoms with Crippen LogP contribution in [0.15, 0.2) is 61.3 Å². The van der Waals surface area contributed by atoms with Crippen molar-refractivity contribution in [3.05, 3.63) is 84.1 Å². The molecule has 0 N–H and O–H groups in total. The van der Waals surface area contributed by atoms with Gasteiger partial charge in [-0.15, -0.1) is 23.6 Å². The Balaban J connectivity index is 0.00000218. The summed E-state index contributed by atoms with van der Waals surface area (Å²) in [5.41, 5.74) is 7.78. The molecule has 3 aromatic carbocycles. The van der Waals surface area contributed by atoms with Gasteiger partial charge in [-0.2, -0.15) is 0 Å². The molecular weight excluding hydrogens is 543 g/mol. The molecule has 4 aromatic rings. The molecule has 1 radical (unpaired) electrons. The number of pyridine rings is 1. The minimum Gasteiger partial charge on any atom is -0.304 e. The van der Waals surface area contributed by atoms with Crippen LogP contribution in [0.5, 0.6) is 0 Å². The topological polar surface area (TPSA) is 12.9 Å². The van der Waals surface area contributed by atoms with Crippen molar-refractivity contribution in [1.29, 1.82) is 0 Å². The Morgan fingerprint density at radius 1 is 0.933 bits per heavy atom. The van der Waals surface area contributed by atoms with E-state index in [2.05, 4.69) is 89.0 Å². The third-order valence-electron chi connectivity index (χ3n) is 6.55. The number of rotatable bonds is 2. The normalized spacial score (nSPS) is 16.3. The number of hydrogen-bond acceptors (Lipinski definition) is 1. The maximum absolute atomic E-state index is 4.96. The van der Waals surface area contributed by atoms with Crippen LogP contribution in [-0.2, 0) is 30.9 Å². The first-order chi connectivity index (χ1) is 13.8. The molecule has 5 rings (SSSR count). The van der Waals surface area contributed by atoms with E-state index in [1.54, 1.807) is 0 Å². The number of benzene rings is 3. The van der Waals surface area contributed by atoms with Crippen LogP contribution in [0.1, 0.15) is 50.8 Å². The van der Waals surface area contributed by atoms with Crippen LogP contribution in [-0.4, -0.2) is 4.98 Å². The molecule has 1 aliphatic rings. The summed E-state index contributed by atoms with van der Waals surface area (Å²) in [5.74, 6) is 0. The third-order valence-corrected chi connectivity index (χ3v) is 6.55. The molecule has 30 heavy (non-hydrogen) atoms. The minimum atomic E-state index is 0. The van der Waals surface area contributed by atoms with Gasteiger partial charge in [-0.3, -0.25) is 0 Å². The molecule has 1 aliphatic carbocycles. The molecule has 0 fully saturated rings. The predicted molar refractivity (Wildman–Crippen MR) is 124 cm³/mol. The van der Waals surface area contributed by atoms with E-state index in [-0.39, 0.29) is 30.9 Å². The van der Waals surface area contributed by atoms with Gasteiger partial charge >= 0.3 is 0 Å². The average molecular weight is 569 g/mol. The summed E-state index contributed by atoms with van der Waals surface area (Å²) >= 11 is 0.